The number of aryl methyl sites for hydroxylation is 1. The van der Waals surface area contributed by atoms with E-state index in [9.17, 15) is 14.4 Å². The highest BCUT2D eigenvalue weighted by molar-refractivity contribution is 7.98. The minimum atomic E-state index is -0.900. The first-order chi connectivity index (χ1) is 15.4. The van der Waals surface area contributed by atoms with E-state index in [0.29, 0.717) is 23.7 Å². The summed E-state index contributed by atoms with van der Waals surface area (Å²) in [6.07, 6.45) is 4.02. The SMILES string of the molecule is CSCCC(NC(=O)c1ccc(Cl)cc1Cl)C(=O)OCC(=O)N1CCCc2ccccc21. The molecule has 1 heterocycles. The molecule has 0 radical (unpaired) electrons. The van der Waals surface area contributed by atoms with Crippen molar-refractivity contribution in [2.75, 3.05) is 30.1 Å². The molecule has 6 nitrogen and oxygen atoms in total. The lowest BCUT2D eigenvalue weighted by Crippen LogP contribution is -2.44. The number of nitrogens with one attached hydrogen (secondary N) is 1. The number of thioether (sulfide) groups is 1. The largest absolute Gasteiger partial charge is 0.454 e. The van der Waals surface area contributed by atoms with E-state index in [1.165, 1.54) is 23.9 Å². The van der Waals surface area contributed by atoms with Gasteiger partial charge in [0.1, 0.15) is 6.04 Å². The van der Waals surface area contributed by atoms with Crippen molar-refractivity contribution in [1.29, 1.82) is 0 Å². The second-order valence-corrected chi connectivity index (χ2v) is 9.15. The van der Waals surface area contributed by atoms with Crippen LogP contribution in [0.1, 0.15) is 28.8 Å². The summed E-state index contributed by atoms with van der Waals surface area (Å²) >= 11 is 13.5. The number of hydrogen-bond donors (Lipinski definition) is 1. The fraction of sp³-hybridized carbons (Fsp3) is 0.348. The summed E-state index contributed by atoms with van der Waals surface area (Å²) in [6.45, 7) is 0.190. The maximum absolute atomic E-state index is 12.7. The number of ether oxygens (including phenoxy) is 1. The van der Waals surface area contributed by atoms with E-state index in [4.69, 9.17) is 27.9 Å². The van der Waals surface area contributed by atoms with Gasteiger partial charge in [-0.05, 0) is 61.1 Å². The van der Waals surface area contributed by atoms with Crippen molar-refractivity contribution in [2.45, 2.75) is 25.3 Å². The average molecular weight is 495 g/mol. The number of anilines is 1. The van der Waals surface area contributed by atoms with Crippen LogP contribution in [0.25, 0.3) is 0 Å². The highest BCUT2D eigenvalue weighted by atomic mass is 35.5. The molecule has 3 rings (SSSR count). The summed E-state index contributed by atoms with van der Waals surface area (Å²) < 4.78 is 5.31. The summed E-state index contributed by atoms with van der Waals surface area (Å²) in [6, 6.07) is 11.3. The molecular formula is C23H24Cl2N2O4S. The molecule has 0 bridgehead atoms. The van der Waals surface area contributed by atoms with Gasteiger partial charge in [-0.25, -0.2) is 4.79 Å². The van der Waals surface area contributed by atoms with Crippen LogP contribution in [0, 0.1) is 0 Å². The first-order valence-electron chi connectivity index (χ1n) is 10.2. The number of carbonyl (C=O) groups is 3. The van der Waals surface area contributed by atoms with Gasteiger partial charge >= 0.3 is 5.97 Å². The Labute approximate surface area is 201 Å². The Kier molecular flexibility index (Phi) is 8.84. The summed E-state index contributed by atoms with van der Waals surface area (Å²) in [7, 11) is 0. The normalized spacial score (nSPS) is 13.8. The van der Waals surface area contributed by atoms with Crippen LogP contribution in [0.4, 0.5) is 5.69 Å². The first-order valence-corrected chi connectivity index (χ1v) is 12.4. The van der Waals surface area contributed by atoms with Crippen molar-refractivity contribution >= 4 is 58.4 Å². The number of fused-ring (bicyclic) bond motifs is 1. The smallest absolute Gasteiger partial charge is 0.329 e. The van der Waals surface area contributed by atoms with Gasteiger partial charge in [-0.15, -0.1) is 0 Å². The number of carbonyl (C=O) groups excluding carboxylic acids is 3. The number of nitrogens with zero attached hydrogens (tertiary/aromatic N) is 1. The monoisotopic (exact) mass is 494 g/mol. The van der Waals surface area contributed by atoms with Gasteiger partial charge in [-0.3, -0.25) is 9.59 Å². The van der Waals surface area contributed by atoms with Crippen LogP contribution in [-0.2, 0) is 20.7 Å². The maximum atomic E-state index is 12.7. The molecule has 170 valence electrons. The zero-order chi connectivity index (χ0) is 23.1. The van der Waals surface area contributed by atoms with Crippen LogP contribution in [-0.4, -0.2) is 49.0 Å². The molecule has 0 aromatic heterocycles. The number of esters is 1. The third-order valence-electron chi connectivity index (χ3n) is 5.13. The Hall–Kier alpha value is -2.22. The third-order valence-corrected chi connectivity index (χ3v) is 6.32. The second-order valence-electron chi connectivity index (χ2n) is 7.32. The lowest BCUT2D eigenvalue weighted by atomic mass is 10.0. The molecule has 9 heteroatoms. The van der Waals surface area contributed by atoms with Gasteiger partial charge in [0.05, 0.1) is 10.6 Å². The lowest BCUT2D eigenvalue weighted by molar-refractivity contribution is -0.149. The van der Waals surface area contributed by atoms with Crippen LogP contribution < -0.4 is 10.2 Å². The van der Waals surface area contributed by atoms with Crippen molar-refractivity contribution in [3.05, 3.63) is 63.6 Å². The highest BCUT2D eigenvalue weighted by Gasteiger charge is 2.27. The zero-order valence-electron chi connectivity index (χ0n) is 17.6. The van der Waals surface area contributed by atoms with E-state index >= 15 is 0 Å². The van der Waals surface area contributed by atoms with E-state index in [1.54, 1.807) is 11.0 Å². The van der Waals surface area contributed by atoms with Gasteiger partial charge in [0.25, 0.3) is 11.8 Å². The second kappa shape index (κ2) is 11.6. The quantitative estimate of drug-likeness (QED) is 0.551. The van der Waals surface area contributed by atoms with Crippen LogP contribution in [0.3, 0.4) is 0 Å². The number of rotatable bonds is 8. The average Bonchev–Trinajstić information content (AvgIpc) is 2.79. The van der Waals surface area contributed by atoms with Crippen molar-refractivity contribution in [3.8, 4) is 0 Å². The molecule has 0 saturated carbocycles. The number of para-hydroxylation sites is 1. The van der Waals surface area contributed by atoms with Crippen LogP contribution in [0.15, 0.2) is 42.5 Å². The predicted octanol–water partition coefficient (Wildman–Crippen LogP) is 4.37. The number of hydrogen-bond acceptors (Lipinski definition) is 5. The van der Waals surface area contributed by atoms with E-state index in [1.807, 2.05) is 30.5 Å². The molecule has 0 saturated heterocycles. The molecule has 0 aliphatic carbocycles. The summed E-state index contributed by atoms with van der Waals surface area (Å²) in [5.74, 6) is -0.828. The molecular weight excluding hydrogens is 471 g/mol. The molecule has 1 atom stereocenters. The van der Waals surface area contributed by atoms with Crippen molar-refractivity contribution in [1.82, 2.24) is 5.32 Å². The molecule has 2 amide bonds. The number of benzene rings is 2. The van der Waals surface area contributed by atoms with Crippen molar-refractivity contribution in [2.24, 2.45) is 0 Å². The van der Waals surface area contributed by atoms with Crippen molar-refractivity contribution < 1.29 is 19.1 Å². The van der Waals surface area contributed by atoms with E-state index in [0.717, 1.165) is 24.1 Å². The molecule has 0 fully saturated rings. The number of amides is 2. The summed E-state index contributed by atoms with van der Waals surface area (Å²) in [5, 5.41) is 3.26. The highest BCUT2D eigenvalue weighted by Crippen LogP contribution is 2.26. The Morgan fingerprint density at radius 1 is 1.19 bits per heavy atom. The van der Waals surface area contributed by atoms with Gasteiger partial charge in [0, 0.05) is 17.3 Å². The molecule has 1 aliphatic rings. The molecule has 2 aromatic carbocycles. The van der Waals surface area contributed by atoms with Gasteiger partial charge in [-0.2, -0.15) is 11.8 Å². The summed E-state index contributed by atoms with van der Waals surface area (Å²) in [5.41, 5.74) is 2.16. The van der Waals surface area contributed by atoms with Crippen molar-refractivity contribution in [3.63, 3.8) is 0 Å². The Balaban J connectivity index is 1.63. The van der Waals surface area contributed by atoms with Gasteiger partial charge in [-0.1, -0.05) is 41.4 Å². The fourth-order valence-corrected chi connectivity index (χ4v) is 4.46. The third kappa shape index (κ3) is 6.18. The van der Waals surface area contributed by atoms with Crippen LogP contribution in [0.5, 0.6) is 0 Å². The standard InChI is InChI=1S/C23H24Cl2N2O4S/c1-32-12-10-19(26-22(29)17-9-8-16(24)13-18(17)25)23(30)31-14-21(28)27-11-4-6-15-5-2-3-7-20(15)27/h2-3,5,7-9,13,19H,4,6,10-12,14H2,1H3,(H,26,29). The molecule has 0 spiro atoms. The zero-order valence-corrected chi connectivity index (χ0v) is 19.9. The van der Waals surface area contributed by atoms with Gasteiger partial charge in [0.15, 0.2) is 6.61 Å². The molecule has 2 aromatic rings. The Morgan fingerprint density at radius 2 is 1.97 bits per heavy atom. The first kappa shape index (κ1) is 24.4. The Bertz CT molecular complexity index is 1000. The van der Waals surface area contributed by atoms with Crippen LogP contribution >= 0.6 is 35.0 Å². The molecule has 1 aliphatic heterocycles. The van der Waals surface area contributed by atoms with Crippen LogP contribution in [0.2, 0.25) is 10.0 Å². The predicted molar refractivity (Wildman–Crippen MR) is 129 cm³/mol. The fourth-order valence-electron chi connectivity index (χ4n) is 3.50. The van der Waals surface area contributed by atoms with Gasteiger partial charge in [0.2, 0.25) is 0 Å². The minimum Gasteiger partial charge on any atom is -0.454 e. The molecule has 1 unspecified atom stereocenters. The lowest BCUT2D eigenvalue weighted by Gasteiger charge is -2.29. The van der Waals surface area contributed by atoms with E-state index in [2.05, 4.69) is 5.32 Å². The maximum Gasteiger partial charge on any atom is 0.329 e. The Morgan fingerprint density at radius 3 is 2.72 bits per heavy atom. The minimum absolute atomic E-state index is 0.186. The summed E-state index contributed by atoms with van der Waals surface area (Å²) in [4.78, 5) is 39.8. The number of halogens is 2. The topological polar surface area (TPSA) is 75.7 Å². The van der Waals surface area contributed by atoms with E-state index in [-0.39, 0.29) is 23.1 Å². The van der Waals surface area contributed by atoms with Gasteiger partial charge < -0.3 is 15.0 Å². The molecule has 32 heavy (non-hydrogen) atoms. The molecule has 1 N–H and O–H groups in total. The van der Waals surface area contributed by atoms with E-state index < -0.39 is 17.9 Å².